The summed E-state index contributed by atoms with van der Waals surface area (Å²) >= 11 is 1.47. The summed E-state index contributed by atoms with van der Waals surface area (Å²) in [6, 6.07) is 3.10. The summed E-state index contributed by atoms with van der Waals surface area (Å²) in [4.78, 5) is 0. The van der Waals surface area contributed by atoms with Crippen LogP contribution in [0.3, 0.4) is 0 Å². The fourth-order valence-electron chi connectivity index (χ4n) is 1.45. The number of hydrogen-bond donors (Lipinski definition) is 1. The van der Waals surface area contributed by atoms with Crippen molar-refractivity contribution in [1.82, 2.24) is 0 Å². The Morgan fingerprint density at radius 1 is 1.57 bits per heavy atom. The largest absolute Gasteiger partial charge is 0.495 e. The molecule has 1 heterocycles. The van der Waals surface area contributed by atoms with Crippen molar-refractivity contribution in [3.63, 3.8) is 0 Å². The topological polar surface area (TPSA) is 29.5 Å². The van der Waals surface area contributed by atoms with Crippen molar-refractivity contribution in [2.24, 2.45) is 0 Å². The van der Waals surface area contributed by atoms with Gasteiger partial charge in [0.15, 0.2) is 0 Å². The number of hydrogen-bond acceptors (Lipinski definition) is 3. The van der Waals surface area contributed by atoms with Crippen LogP contribution in [-0.2, 0) is 6.61 Å². The standard InChI is InChI=1S/C10H9FO2S/c1-13-9-4-8(11)7(5-12)6-2-3-14-10(6)9/h2-4,12H,5H2,1H3. The predicted octanol–water partition coefficient (Wildman–Crippen LogP) is 2.54. The van der Waals surface area contributed by atoms with E-state index in [1.54, 1.807) is 6.07 Å². The predicted molar refractivity (Wildman–Crippen MR) is 54.3 cm³/mol. The second-order valence-electron chi connectivity index (χ2n) is 2.86. The summed E-state index contributed by atoms with van der Waals surface area (Å²) in [7, 11) is 1.51. The zero-order valence-electron chi connectivity index (χ0n) is 7.58. The lowest BCUT2D eigenvalue weighted by Gasteiger charge is -2.06. The monoisotopic (exact) mass is 212 g/mol. The maximum Gasteiger partial charge on any atom is 0.139 e. The summed E-state index contributed by atoms with van der Waals surface area (Å²) in [6.07, 6.45) is 0. The number of halogens is 1. The van der Waals surface area contributed by atoms with Gasteiger partial charge in [0.1, 0.15) is 11.6 Å². The van der Waals surface area contributed by atoms with E-state index in [1.807, 2.05) is 5.38 Å². The number of aliphatic hydroxyl groups excluding tert-OH is 1. The van der Waals surface area contributed by atoms with Crippen LogP contribution in [0.25, 0.3) is 10.1 Å². The fraction of sp³-hybridized carbons (Fsp3) is 0.200. The molecule has 74 valence electrons. The van der Waals surface area contributed by atoms with E-state index >= 15 is 0 Å². The van der Waals surface area contributed by atoms with E-state index in [1.165, 1.54) is 24.5 Å². The Morgan fingerprint density at radius 2 is 2.36 bits per heavy atom. The van der Waals surface area contributed by atoms with Crippen LogP contribution in [0.15, 0.2) is 17.5 Å². The molecule has 0 atom stereocenters. The first-order valence-electron chi connectivity index (χ1n) is 4.11. The second-order valence-corrected chi connectivity index (χ2v) is 3.78. The summed E-state index contributed by atoms with van der Waals surface area (Å²) in [5, 5.41) is 11.6. The highest BCUT2D eigenvalue weighted by atomic mass is 32.1. The average molecular weight is 212 g/mol. The zero-order chi connectivity index (χ0) is 10.1. The Hall–Kier alpha value is -1.13. The number of benzene rings is 1. The van der Waals surface area contributed by atoms with E-state index in [0.29, 0.717) is 11.3 Å². The van der Waals surface area contributed by atoms with Crippen LogP contribution in [0, 0.1) is 5.82 Å². The van der Waals surface area contributed by atoms with Crippen LogP contribution in [-0.4, -0.2) is 12.2 Å². The molecule has 4 heteroatoms. The lowest BCUT2D eigenvalue weighted by atomic mass is 10.1. The van der Waals surface area contributed by atoms with E-state index in [-0.39, 0.29) is 6.61 Å². The van der Waals surface area contributed by atoms with Crippen LogP contribution in [0.2, 0.25) is 0 Å². The number of thiophene rings is 1. The molecule has 0 unspecified atom stereocenters. The summed E-state index contributed by atoms with van der Waals surface area (Å²) < 4.78 is 19.3. The van der Waals surface area contributed by atoms with Crippen LogP contribution < -0.4 is 4.74 Å². The summed E-state index contributed by atoms with van der Waals surface area (Å²) in [5.74, 6) is 0.0972. The lowest BCUT2D eigenvalue weighted by Crippen LogP contribution is -1.93. The Morgan fingerprint density at radius 3 is 3.00 bits per heavy atom. The molecular formula is C10H9FO2S. The number of methoxy groups -OCH3 is 1. The molecule has 0 bridgehead atoms. The first-order chi connectivity index (χ1) is 6.77. The number of aliphatic hydroxyl groups is 1. The van der Waals surface area contributed by atoms with E-state index in [9.17, 15) is 4.39 Å². The van der Waals surface area contributed by atoms with Crippen LogP contribution in [0.5, 0.6) is 5.75 Å². The van der Waals surface area contributed by atoms with Gasteiger partial charge in [0.25, 0.3) is 0 Å². The van der Waals surface area contributed by atoms with Gasteiger partial charge in [0.05, 0.1) is 18.4 Å². The Bertz CT molecular complexity index is 464. The molecule has 2 aromatic rings. The van der Waals surface area contributed by atoms with Crippen LogP contribution >= 0.6 is 11.3 Å². The second kappa shape index (κ2) is 3.55. The third-order valence-electron chi connectivity index (χ3n) is 2.14. The molecule has 1 N–H and O–H groups in total. The lowest BCUT2D eigenvalue weighted by molar-refractivity contribution is 0.277. The molecule has 2 rings (SSSR count). The molecular weight excluding hydrogens is 203 g/mol. The van der Waals surface area contributed by atoms with Crippen LogP contribution in [0.4, 0.5) is 4.39 Å². The quantitative estimate of drug-likeness (QED) is 0.829. The van der Waals surface area contributed by atoms with E-state index in [4.69, 9.17) is 9.84 Å². The van der Waals surface area contributed by atoms with Gasteiger partial charge < -0.3 is 9.84 Å². The molecule has 0 aliphatic carbocycles. The number of ether oxygens (including phenoxy) is 1. The van der Waals surface area contributed by atoms with E-state index in [0.717, 1.165) is 10.1 Å². The van der Waals surface area contributed by atoms with Gasteiger partial charge >= 0.3 is 0 Å². The molecule has 0 saturated heterocycles. The van der Waals surface area contributed by atoms with Gasteiger partial charge in [-0.2, -0.15) is 0 Å². The van der Waals surface area contributed by atoms with Crippen molar-refractivity contribution < 1.29 is 14.2 Å². The molecule has 0 saturated carbocycles. The highest BCUT2D eigenvalue weighted by Gasteiger charge is 2.12. The first kappa shape index (κ1) is 9.43. The fourth-order valence-corrected chi connectivity index (χ4v) is 2.36. The van der Waals surface area contributed by atoms with Gasteiger partial charge in [-0.05, 0) is 11.4 Å². The first-order valence-corrected chi connectivity index (χ1v) is 4.99. The van der Waals surface area contributed by atoms with Crippen molar-refractivity contribution >= 4 is 21.4 Å². The molecule has 1 aromatic heterocycles. The van der Waals surface area contributed by atoms with Crippen molar-refractivity contribution in [3.8, 4) is 5.75 Å². The Kier molecular flexibility index (Phi) is 2.39. The van der Waals surface area contributed by atoms with Gasteiger partial charge in [0, 0.05) is 17.0 Å². The number of rotatable bonds is 2. The molecule has 0 radical (unpaired) electrons. The van der Waals surface area contributed by atoms with Gasteiger partial charge in [-0.15, -0.1) is 11.3 Å². The minimum Gasteiger partial charge on any atom is -0.495 e. The molecule has 0 fully saturated rings. The van der Waals surface area contributed by atoms with Crippen molar-refractivity contribution in [1.29, 1.82) is 0 Å². The van der Waals surface area contributed by atoms with Gasteiger partial charge in [-0.1, -0.05) is 0 Å². The average Bonchev–Trinajstić information content (AvgIpc) is 2.65. The molecule has 2 nitrogen and oxygen atoms in total. The van der Waals surface area contributed by atoms with E-state index < -0.39 is 5.82 Å². The minimum absolute atomic E-state index is 0.289. The molecule has 0 aliphatic heterocycles. The summed E-state index contributed by atoms with van der Waals surface area (Å²) in [6.45, 7) is -0.289. The van der Waals surface area contributed by atoms with E-state index in [2.05, 4.69) is 0 Å². The molecule has 14 heavy (non-hydrogen) atoms. The normalized spacial score (nSPS) is 10.8. The Labute approximate surface area is 84.6 Å². The summed E-state index contributed by atoms with van der Waals surface area (Å²) in [5.41, 5.74) is 0.335. The highest BCUT2D eigenvalue weighted by Crippen LogP contribution is 2.34. The maximum atomic E-state index is 13.4. The van der Waals surface area contributed by atoms with Crippen molar-refractivity contribution in [2.45, 2.75) is 6.61 Å². The van der Waals surface area contributed by atoms with Gasteiger partial charge in [-0.25, -0.2) is 4.39 Å². The van der Waals surface area contributed by atoms with Crippen molar-refractivity contribution in [2.75, 3.05) is 7.11 Å². The highest BCUT2D eigenvalue weighted by molar-refractivity contribution is 7.17. The zero-order valence-corrected chi connectivity index (χ0v) is 8.40. The third kappa shape index (κ3) is 1.27. The van der Waals surface area contributed by atoms with Gasteiger partial charge in [0.2, 0.25) is 0 Å². The van der Waals surface area contributed by atoms with Gasteiger partial charge in [-0.3, -0.25) is 0 Å². The molecule has 0 spiro atoms. The SMILES string of the molecule is COc1cc(F)c(CO)c2ccsc12. The molecule has 0 amide bonds. The smallest absolute Gasteiger partial charge is 0.139 e. The van der Waals surface area contributed by atoms with Crippen molar-refractivity contribution in [3.05, 3.63) is 28.9 Å². The maximum absolute atomic E-state index is 13.4. The molecule has 0 aliphatic rings. The third-order valence-corrected chi connectivity index (χ3v) is 3.07. The van der Waals surface area contributed by atoms with Crippen LogP contribution in [0.1, 0.15) is 5.56 Å². The Balaban J connectivity index is 2.81. The minimum atomic E-state index is -0.421. The number of fused-ring (bicyclic) bond motifs is 1. The molecule has 1 aromatic carbocycles.